The van der Waals surface area contributed by atoms with Gasteiger partial charge in [-0.05, 0) is 73.5 Å². The van der Waals surface area contributed by atoms with Gasteiger partial charge in [-0.2, -0.15) is 0 Å². The number of carbonyl (C=O) groups excluding carboxylic acids is 1. The van der Waals surface area contributed by atoms with Crippen molar-refractivity contribution >= 4 is 17.7 Å². The third-order valence-electron chi connectivity index (χ3n) is 4.22. The molecule has 0 bridgehead atoms. The van der Waals surface area contributed by atoms with Crippen LogP contribution in [0.2, 0.25) is 0 Å². The Morgan fingerprint density at radius 1 is 1.10 bits per heavy atom. The van der Waals surface area contributed by atoms with E-state index >= 15 is 0 Å². The lowest BCUT2D eigenvalue weighted by Gasteiger charge is -2.10. The van der Waals surface area contributed by atoms with Gasteiger partial charge in [0, 0.05) is 18.0 Å². The highest BCUT2D eigenvalue weighted by molar-refractivity contribution is 6.02. The Labute approximate surface area is 176 Å². The molecule has 0 atom stereocenters. The number of aryl methyl sites for hydroxylation is 1. The van der Waals surface area contributed by atoms with Crippen molar-refractivity contribution in [3.8, 4) is 23.0 Å². The molecule has 3 rings (SSSR count). The molecule has 154 valence electrons. The van der Waals surface area contributed by atoms with Crippen LogP contribution in [0.1, 0.15) is 18.1 Å². The molecule has 1 N–H and O–H groups in total. The first-order chi connectivity index (χ1) is 14.6. The number of hydrogen-bond donors (Lipinski definition) is 1. The predicted octanol–water partition coefficient (Wildman–Crippen LogP) is 5.24. The van der Waals surface area contributed by atoms with E-state index in [1.807, 2.05) is 56.3 Å². The summed E-state index contributed by atoms with van der Waals surface area (Å²) in [5, 5.41) is 2.86. The Morgan fingerprint density at radius 2 is 1.93 bits per heavy atom. The lowest BCUT2D eigenvalue weighted by Crippen LogP contribution is -2.08. The Hall–Kier alpha value is -3.80. The Balaban J connectivity index is 1.64. The van der Waals surface area contributed by atoms with E-state index in [-0.39, 0.29) is 5.91 Å². The minimum absolute atomic E-state index is 0.232. The van der Waals surface area contributed by atoms with Crippen LogP contribution < -0.4 is 19.5 Å². The highest BCUT2D eigenvalue weighted by atomic mass is 16.5. The number of carbonyl (C=O) groups is 1. The van der Waals surface area contributed by atoms with Gasteiger partial charge in [0.15, 0.2) is 11.5 Å². The number of nitrogens with zero attached hydrogens (tertiary/aromatic N) is 1. The molecule has 0 saturated heterocycles. The third-order valence-corrected chi connectivity index (χ3v) is 4.22. The molecule has 0 unspecified atom stereocenters. The van der Waals surface area contributed by atoms with Gasteiger partial charge in [0.1, 0.15) is 11.5 Å². The maximum absolute atomic E-state index is 12.3. The highest BCUT2D eigenvalue weighted by Gasteiger charge is 2.06. The molecule has 6 heteroatoms. The molecule has 3 aromatic rings. The molecule has 0 spiro atoms. The number of hydrogen-bond acceptors (Lipinski definition) is 5. The van der Waals surface area contributed by atoms with Gasteiger partial charge in [-0.3, -0.25) is 9.78 Å². The van der Waals surface area contributed by atoms with Crippen LogP contribution in [0.15, 0.2) is 67.0 Å². The quantitative estimate of drug-likeness (QED) is 0.520. The summed E-state index contributed by atoms with van der Waals surface area (Å²) in [6.07, 6.45) is 6.54. The smallest absolute Gasteiger partial charge is 0.248 e. The van der Waals surface area contributed by atoms with Crippen LogP contribution in [-0.4, -0.2) is 24.6 Å². The van der Waals surface area contributed by atoms with Gasteiger partial charge >= 0.3 is 0 Å². The molecule has 0 aliphatic heterocycles. The standard InChI is InChI=1S/C24H24N2O4/c1-4-29-23-15-18(7-10-22(23)28-3)8-12-24(27)26-19-9-11-21(17(2)14-19)30-20-6-5-13-25-16-20/h5-16H,4H2,1-3H3,(H,26,27). The van der Waals surface area contributed by atoms with Crippen molar-refractivity contribution in [2.45, 2.75) is 13.8 Å². The molecule has 0 aliphatic carbocycles. The summed E-state index contributed by atoms with van der Waals surface area (Å²) < 4.78 is 16.6. The van der Waals surface area contributed by atoms with Gasteiger partial charge in [0.05, 0.1) is 19.9 Å². The van der Waals surface area contributed by atoms with E-state index < -0.39 is 0 Å². The first-order valence-corrected chi connectivity index (χ1v) is 9.57. The summed E-state index contributed by atoms with van der Waals surface area (Å²) in [6.45, 7) is 4.36. The van der Waals surface area contributed by atoms with E-state index in [1.54, 1.807) is 31.6 Å². The van der Waals surface area contributed by atoms with Gasteiger partial charge in [-0.25, -0.2) is 0 Å². The summed E-state index contributed by atoms with van der Waals surface area (Å²) >= 11 is 0. The number of aromatic nitrogens is 1. The molecule has 2 aromatic carbocycles. The summed E-state index contributed by atoms with van der Waals surface area (Å²) in [7, 11) is 1.59. The summed E-state index contributed by atoms with van der Waals surface area (Å²) in [4.78, 5) is 16.3. The number of amides is 1. The number of benzene rings is 2. The number of pyridine rings is 1. The number of ether oxygens (including phenoxy) is 3. The Kier molecular flexibility index (Phi) is 7.05. The second kappa shape index (κ2) is 10.1. The fourth-order valence-corrected chi connectivity index (χ4v) is 2.80. The second-order valence-corrected chi connectivity index (χ2v) is 6.44. The van der Waals surface area contributed by atoms with Crippen LogP contribution >= 0.6 is 0 Å². The zero-order valence-electron chi connectivity index (χ0n) is 17.2. The molecule has 0 radical (unpaired) electrons. The lowest BCUT2D eigenvalue weighted by molar-refractivity contribution is -0.111. The minimum Gasteiger partial charge on any atom is -0.493 e. The zero-order valence-corrected chi connectivity index (χ0v) is 17.2. The van der Waals surface area contributed by atoms with Crippen molar-refractivity contribution < 1.29 is 19.0 Å². The Bertz CT molecular complexity index is 1030. The molecule has 1 amide bonds. The van der Waals surface area contributed by atoms with Gasteiger partial charge < -0.3 is 19.5 Å². The molecular weight excluding hydrogens is 380 g/mol. The maximum atomic E-state index is 12.3. The topological polar surface area (TPSA) is 69.7 Å². The van der Waals surface area contributed by atoms with Crippen LogP contribution in [0.5, 0.6) is 23.0 Å². The van der Waals surface area contributed by atoms with E-state index in [4.69, 9.17) is 14.2 Å². The van der Waals surface area contributed by atoms with Crippen molar-refractivity contribution in [2.75, 3.05) is 19.0 Å². The summed E-state index contributed by atoms with van der Waals surface area (Å²) in [6, 6.07) is 14.6. The third kappa shape index (κ3) is 5.61. The molecule has 30 heavy (non-hydrogen) atoms. The highest BCUT2D eigenvalue weighted by Crippen LogP contribution is 2.29. The van der Waals surface area contributed by atoms with Crippen molar-refractivity contribution in [1.29, 1.82) is 0 Å². The average Bonchev–Trinajstić information content (AvgIpc) is 2.75. The largest absolute Gasteiger partial charge is 0.493 e. The maximum Gasteiger partial charge on any atom is 0.248 e. The van der Waals surface area contributed by atoms with Crippen LogP contribution in [0.3, 0.4) is 0 Å². The second-order valence-electron chi connectivity index (χ2n) is 6.44. The van der Waals surface area contributed by atoms with Gasteiger partial charge in [0.25, 0.3) is 0 Å². The van der Waals surface area contributed by atoms with Crippen molar-refractivity contribution in [3.05, 3.63) is 78.1 Å². The molecule has 0 aliphatic rings. The van der Waals surface area contributed by atoms with Crippen molar-refractivity contribution in [3.63, 3.8) is 0 Å². The van der Waals surface area contributed by atoms with E-state index in [0.717, 1.165) is 11.1 Å². The number of methoxy groups -OCH3 is 1. The van der Waals surface area contributed by atoms with Gasteiger partial charge in [-0.1, -0.05) is 6.07 Å². The SMILES string of the molecule is CCOc1cc(C=CC(=O)Nc2ccc(Oc3cccnc3)c(C)c2)ccc1OC. The molecule has 0 fully saturated rings. The van der Waals surface area contributed by atoms with Crippen molar-refractivity contribution in [2.24, 2.45) is 0 Å². The first kappa shape index (κ1) is 20.9. The normalized spacial score (nSPS) is 10.6. The van der Waals surface area contributed by atoms with Crippen LogP contribution in [0.25, 0.3) is 6.08 Å². The van der Waals surface area contributed by atoms with E-state index in [0.29, 0.717) is 35.3 Å². The monoisotopic (exact) mass is 404 g/mol. The van der Waals surface area contributed by atoms with Gasteiger partial charge in [0.2, 0.25) is 5.91 Å². The minimum atomic E-state index is -0.232. The summed E-state index contributed by atoms with van der Waals surface area (Å²) in [5.41, 5.74) is 2.42. The summed E-state index contributed by atoms with van der Waals surface area (Å²) in [5.74, 6) is 2.43. The zero-order chi connectivity index (χ0) is 21.3. The van der Waals surface area contributed by atoms with Gasteiger partial charge in [-0.15, -0.1) is 0 Å². The van der Waals surface area contributed by atoms with Crippen LogP contribution in [0.4, 0.5) is 5.69 Å². The Morgan fingerprint density at radius 3 is 2.63 bits per heavy atom. The molecule has 1 heterocycles. The first-order valence-electron chi connectivity index (χ1n) is 9.57. The number of anilines is 1. The van der Waals surface area contributed by atoms with E-state index in [2.05, 4.69) is 10.3 Å². The molecule has 0 saturated carbocycles. The molecule has 6 nitrogen and oxygen atoms in total. The number of nitrogens with one attached hydrogen (secondary N) is 1. The number of rotatable bonds is 8. The van der Waals surface area contributed by atoms with E-state index in [9.17, 15) is 4.79 Å². The van der Waals surface area contributed by atoms with Crippen molar-refractivity contribution in [1.82, 2.24) is 4.98 Å². The fraction of sp³-hybridized carbons (Fsp3) is 0.167. The van der Waals surface area contributed by atoms with Crippen LogP contribution in [0, 0.1) is 6.92 Å². The average molecular weight is 404 g/mol. The van der Waals surface area contributed by atoms with E-state index in [1.165, 1.54) is 6.08 Å². The lowest BCUT2D eigenvalue weighted by atomic mass is 10.1. The van der Waals surface area contributed by atoms with Crippen LogP contribution in [-0.2, 0) is 4.79 Å². The predicted molar refractivity (Wildman–Crippen MR) is 117 cm³/mol. The molecular formula is C24H24N2O4. The molecule has 1 aromatic heterocycles. The fourth-order valence-electron chi connectivity index (χ4n) is 2.80.